The predicted molar refractivity (Wildman–Crippen MR) is 127 cm³/mol. The molecule has 1 heterocycles. The van der Waals surface area contributed by atoms with Gasteiger partial charge in [0.1, 0.15) is 11.9 Å². The molecule has 2 aromatic carbocycles. The molecule has 0 spiro atoms. The summed E-state index contributed by atoms with van der Waals surface area (Å²) in [7, 11) is -3.87. The molecular formula is C22H26N4O4S2. The van der Waals surface area contributed by atoms with Gasteiger partial charge >= 0.3 is 0 Å². The van der Waals surface area contributed by atoms with Crippen molar-refractivity contribution in [1.29, 1.82) is 0 Å². The summed E-state index contributed by atoms with van der Waals surface area (Å²) in [5.74, 6) is 0.589. The summed E-state index contributed by atoms with van der Waals surface area (Å²) in [6.07, 6.45) is 2.23. The first kappa shape index (κ1) is 24.0. The molecule has 0 aliphatic heterocycles. The highest BCUT2D eigenvalue weighted by atomic mass is 32.2. The second kappa shape index (κ2) is 10.8. The van der Waals surface area contributed by atoms with Crippen LogP contribution < -0.4 is 10.3 Å². The number of fused-ring (bicyclic) bond motifs is 1. The number of H-pyrrole nitrogens is 1. The molecule has 1 unspecified atom stereocenters. The van der Waals surface area contributed by atoms with Gasteiger partial charge in [-0.25, -0.2) is 13.4 Å². The van der Waals surface area contributed by atoms with Crippen LogP contribution in [0.1, 0.15) is 19.2 Å². The Morgan fingerprint density at radius 1 is 1.16 bits per heavy atom. The number of rotatable bonds is 10. The van der Waals surface area contributed by atoms with Crippen LogP contribution in [0.15, 0.2) is 64.3 Å². The summed E-state index contributed by atoms with van der Waals surface area (Å²) in [5.41, 5.74) is 0.260. The van der Waals surface area contributed by atoms with Crippen molar-refractivity contribution in [2.24, 2.45) is 0 Å². The van der Waals surface area contributed by atoms with Crippen molar-refractivity contribution >= 4 is 38.6 Å². The van der Waals surface area contributed by atoms with E-state index in [2.05, 4.69) is 14.7 Å². The van der Waals surface area contributed by atoms with E-state index in [9.17, 15) is 18.0 Å². The lowest BCUT2D eigenvalue weighted by molar-refractivity contribution is -0.133. The van der Waals surface area contributed by atoms with Crippen LogP contribution in [0.25, 0.3) is 10.9 Å². The van der Waals surface area contributed by atoms with E-state index in [0.29, 0.717) is 35.4 Å². The predicted octanol–water partition coefficient (Wildman–Crippen LogP) is 2.37. The maximum absolute atomic E-state index is 13.3. The number of hydrogen-bond acceptors (Lipinski definition) is 6. The van der Waals surface area contributed by atoms with Crippen molar-refractivity contribution in [3.05, 3.63) is 70.8 Å². The van der Waals surface area contributed by atoms with Gasteiger partial charge in [-0.3, -0.25) is 9.59 Å². The van der Waals surface area contributed by atoms with Gasteiger partial charge in [0.15, 0.2) is 0 Å². The number of benzene rings is 2. The first-order valence-corrected chi connectivity index (χ1v) is 13.1. The molecule has 0 saturated heterocycles. The number of carbonyl (C=O) groups is 1. The molecule has 32 heavy (non-hydrogen) atoms. The maximum atomic E-state index is 13.3. The van der Waals surface area contributed by atoms with Crippen molar-refractivity contribution in [2.75, 3.05) is 18.6 Å². The van der Waals surface area contributed by atoms with Gasteiger partial charge in [-0.1, -0.05) is 30.3 Å². The van der Waals surface area contributed by atoms with Crippen LogP contribution in [-0.4, -0.2) is 53.8 Å². The first-order chi connectivity index (χ1) is 15.4. The van der Waals surface area contributed by atoms with Gasteiger partial charge in [0, 0.05) is 6.54 Å². The fourth-order valence-electron chi connectivity index (χ4n) is 3.28. The average molecular weight is 475 g/mol. The third-order valence-corrected chi connectivity index (χ3v) is 7.09. The molecule has 8 nitrogen and oxygen atoms in total. The Morgan fingerprint density at radius 2 is 1.84 bits per heavy atom. The molecule has 170 valence electrons. The van der Waals surface area contributed by atoms with E-state index in [0.717, 1.165) is 0 Å². The zero-order chi connectivity index (χ0) is 23.1. The molecule has 2 N–H and O–H groups in total. The fourth-order valence-corrected chi connectivity index (χ4v) is 5.00. The smallest absolute Gasteiger partial charge is 0.258 e. The lowest BCUT2D eigenvalue weighted by Gasteiger charge is -2.26. The molecule has 1 aromatic heterocycles. The standard InChI is InChI=1S/C22H26N4O4S2/c1-3-26(15-20-23-18-12-8-7-11-17(18)21(27)24-20)22(28)19(13-14-31-2)25-32(29,30)16-9-5-4-6-10-16/h4-12,19,25H,3,13-15H2,1-2H3,(H,23,24,27). The first-order valence-electron chi connectivity index (χ1n) is 10.2. The molecule has 3 aromatic rings. The van der Waals surface area contributed by atoms with E-state index in [4.69, 9.17) is 0 Å². The average Bonchev–Trinajstić information content (AvgIpc) is 2.80. The van der Waals surface area contributed by atoms with Gasteiger partial charge in [0.25, 0.3) is 5.56 Å². The molecule has 0 aliphatic carbocycles. The molecule has 10 heteroatoms. The third-order valence-electron chi connectivity index (χ3n) is 4.96. The molecule has 0 bridgehead atoms. The Bertz CT molecular complexity index is 1230. The molecule has 0 saturated carbocycles. The molecule has 1 amide bonds. The van der Waals surface area contributed by atoms with E-state index in [1.54, 1.807) is 49.4 Å². The number of hydrogen-bond donors (Lipinski definition) is 2. The quantitative estimate of drug-likeness (QED) is 0.467. The minimum Gasteiger partial charge on any atom is -0.334 e. The fraction of sp³-hybridized carbons (Fsp3) is 0.318. The van der Waals surface area contributed by atoms with Crippen LogP contribution in [0.3, 0.4) is 0 Å². The van der Waals surface area contributed by atoms with Crippen molar-refractivity contribution in [3.63, 3.8) is 0 Å². The molecular weight excluding hydrogens is 448 g/mol. The highest BCUT2D eigenvalue weighted by Gasteiger charge is 2.29. The number of likely N-dealkylation sites (N-methyl/N-ethyl adjacent to an activating group) is 1. The van der Waals surface area contributed by atoms with E-state index < -0.39 is 16.1 Å². The number of nitrogens with one attached hydrogen (secondary N) is 2. The Kier molecular flexibility index (Phi) is 8.05. The van der Waals surface area contributed by atoms with Gasteiger partial charge in [-0.05, 0) is 49.6 Å². The third kappa shape index (κ3) is 5.76. The summed E-state index contributed by atoms with van der Waals surface area (Å²) in [6, 6.07) is 14.0. The highest BCUT2D eigenvalue weighted by molar-refractivity contribution is 7.98. The van der Waals surface area contributed by atoms with Crippen molar-refractivity contribution in [1.82, 2.24) is 19.6 Å². The van der Waals surface area contributed by atoms with E-state index >= 15 is 0 Å². The Morgan fingerprint density at radius 3 is 2.53 bits per heavy atom. The van der Waals surface area contributed by atoms with Crippen LogP contribution >= 0.6 is 11.8 Å². The molecule has 3 rings (SSSR count). The lowest BCUT2D eigenvalue weighted by atomic mass is 10.2. The van der Waals surface area contributed by atoms with E-state index in [-0.39, 0.29) is 22.9 Å². The van der Waals surface area contributed by atoms with Gasteiger partial charge in [0.05, 0.1) is 22.3 Å². The van der Waals surface area contributed by atoms with Crippen LogP contribution in [0, 0.1) is 0 Å². The summed E-state index contributed by atoms with van der Waals surface area (Å²) < 4.78 is 28.2. The highest BCUT2D eigenvalue weighted by Crippen LogP contribution is 2.14. The second-order valence-corrected chi connectivity index (χ2v) is 9.85. The minimum atomic E-state index is -3.87. The Hall–Kier alpha value is -2.69. The Labute approximate surface area is 191 Å². The van der Waals surface area contributed by atoms with Crippen LogP contribution in [-0.2, 0) is 21.4 Å². The number of aromatic amines is 1. The number of para-hydroxylation sites is 1. The van der Waals surface area contributed by atoms with E-state index in [1.165, 1.54) is 28.8 Å². The lowest BCUT2D eigenvalue weighted by Crippen LogP contribution is -2.48. The molecule has 1 atom stereocenters. The minimum absolute atomic E-state index is 0.0677. The summed E-state index contributed by atoms with van der Waals surface area (Å²) >= 11 is 1.53. The monoisotopic (exact) mass is 474 g/mol. The molecule has 0 radical (unpaired) electrons. The van der Waals surface area contributed by atoms with E-state index in [1.807, 2.05) is 6.26 Å². The number of amides is 1. The van der Waals surface area contributed by atoms with Crippen molar-refractivity contribution in [2.45, 2.75) is 30.8 Å². The normalized spacial score (nSPS) is 12.6. The molecule has 0 aliphatic rings. The van der Waals surface area contributed by atoms with Crippen molar-refractivity contribution in [3.8, 4) is 0 Å². The SMILES string of the molecule is CCN(Cc1nc2ccccc2c(=O)[nH]1)C(=O)C(CCSC)NS(=O)(=O)c1ccccc1. The van der Waals surface area contributed by atoms with Crippen LogP contribution in [0.4, 0.5) is 0 Å². The Balaban J connectivity index is 1.84. The number of nitrogens with zero attached hydrogens (tertiary/aromatic N) is 2. The van der Waals surface area contributed by atoms with Gasteiger partial charge < -0.3 is 9.88 Å². The maximum Gasteiger partial charge on any atom is 0.258 e. The number of thioether (sulfide) groups is 1. The topological polar surface area (TPSA) is 112 Å². The summed E-state index contributed by atoms with van der Waals surface area (Å²) in [5, 5.41) is 0.471. The second-order valence-electron chi connectivity index (χ2n) is 7.15. The van der Waals surface area contributed by atoms with Gasteiger partial charge in [-0.15, -0.1) is 0 Å². The molecule has 0 fully saturated rings. The number of sulfonamides is 1. The zero-order valence-electron chi connectivity index (χ0n) is 17.9. The van der Waals surface area contributed by atoms with Crippen LogP contribution in [0.2, 0.25) is 0 Å². The zero-order valence-corrected chi connectivity index (χ0v) is 19.6. The number of carbonyl (C=O) groups excluding carboxylic acids is 1. The summed E-state index contributed by atoms with van der Waals surface area (Å²) in [4.78, 5) is 34.5. The summed E-state index contributed by atoms with van der Waals surface area (Å²) in [6.45, 7) is 2.20. The largest absolute Gasteiger partial charge is 0.334 e. The van der Waals surface area contributed by atoms with Gasteiger partial charge in [-0.2, -0.15) is 16.5 Å². The van der Waals surface area contributed by atoms with Gasteiger partial charge in [0.2, 0.25) is 15.9 Å². The van der Waals surface area contributed by atoms with Crippen LogP contribution in [0.5, 0.6) is 0 Å². The van der Waals surface area contributed by atoms with Crippen molar-refractivity contribution < 1.29 is 13.2 Å². The number of aromatic nitrogens is 2.